The summed E-state index contributed by atoms with van der Waals surface area (Å²) in [7, 11) is 0. The van der Waals surface area contributed by atoms with Crippen LogP contribution in [0, 0.1) is 22.7 Å². The van der Waals surface area contributed by atoms with Crippen LogP contribution in [0.1, 0.15) is 11.1 Å². The van der Waals surface area contributed by atoms with Crippen molar-refractivity contribution in [3.63, 3.8) is 0 Å². The second-order valence-electron chi connectivity index (χ2n) is 14.7. The van der Waals surface area contributed by atoms with E-state index in [0.717, 1.165) is 67.1 Å². The molecule has 8 nitrogen and oxygen atoms in total. The van der Waals surface area contributed by atoms with E-state index in [4.69, 9.17) is 15.0 Å². The molecule has 0 saturated carbocycles. The van der Waals surface area contributed by atoms with Gasteiger partial charge in [0.25, 0.3) is 0 Å². The van der Waals surface area contributed by atoms with Crippen molar-refractivity contribution in [1.29, 1.82) is 10.5 Å². The lowest BCUT2D eigenvalue weighted by Crippen LogP contribution is -2.24. The highest BCUT2D eigenvalue weighted by molar-refractivity contribution is 6.15. The van der Waals surface area contributed by atoms with E-state index in [2.05, 4.69) is 124 Å². The van der Waals surface area contributed by atoms with Gasteiger partial charge in [0.05, 0.1) is 56.7 Å². The Morgan fingerprint density at radius 1 is 0.361 bits per heavy atom. The van der Waals surface area contributed by atoms with Crippen LogP contribution in [0.15, 0.2) is 194 Å². The summed E-state index contributed by atoms with van der Waals surface area (Å²) in [6.07, 6.45) is 0. The minimum absolute atomic E-state index is 0.307. The van der Waals surface area contributed by atoms with Crippen LogP contribution in [0.3, 0.4) is 0 Å². The zero-order chi connectivity index (χ0) is 40.9. The lowest BCUT2D eigenvalue weighted by Gasteiger charge is -2.40. The third-order valence-corrected chi connectivity index (χ3v) is 11.2. The van der Waals surface area contributed by atoms with E-state index in [1.165, 1.54) is 0 Å². The maximum Gasteiger partial charge on any atom is 0.165 e. The first-order valence-electron chi connectivity index (χ1n) is 19.9. The predicted molar refractivity (Wildman–Crippen MR) is 243 cm³/mol. The maximum atomic E-state index is 11.0. The lowest BCUT2D eigenvalue weighted by atomic mass is 10.0. The zero-order valence-electron chi connectivity index (χ0n) is 32.6. The van der Waals surface area contributed by atoms with Gasteiger partial charge in [-0.15, -0.1) is 0 Å². The standard InChI is InChI=1S/C53H32N8/c54-33-37-30-47(38(34-55)29-42(37)53-57-51(35-17-5-1-6-18-35)56-52(58-53)36-19-7-2-8-20-36)61-44-26-14-13-25-41(44)43-31-49-50(32-48(43)61)60(40-23-11-4-12-24-40)46-28-16-15-27-45(46)59(49)39-21-9-3-10-22-39/h1-32H. The number of fused-ring (bicyclic) bond motifs is 5. The van der Waals surface area contributed by atoms with E-state index in [1.807, 2.05) is 84.9 Å². The van der Waals surface area contributed by atoms with Crippen LogP contribution < -0.4 is 9.80 Å². The summed E-state index contributed by atoms with van der Waals surface area (Å²) < 4.78 is 2.11. The molecule has 3 heterocycles. The van der Waals surface area contributed by atoms with Gasteiger partial charge in [0, 0.05) is 38.8 Å². The molecule has 0 unspecified atom stereocenters. The topological polar surface area (TPSA) is 97.7 Å². The third-order valence-electron chi connectivity index (χ3n) is 11.2. The zero-order valence-corrected chi connectivity index (χ0v) is 32.6. The van der Waals surface area contributed by atoms with Crippen molar-refractivity contribution in [2.45, 2.75) is 0 Å². The summed E-state index contributed by atoms with van der Waals surface area (Å²) in [6.45, 7) is 0. The van der Waals surface area contributed by atoms with Crippen molar-refractivity contribution in [2.24, 2.45) is 0 Å². The molecule has 1 aliphatic heterocycles. The fourth-order valence-electron chi connectivity index (χ4n) is 8.49. The average Bonchev–Trinajstić information content (AvgIpc) is 3.65. The highest BCUT2D eigenvalue weighted by atomic mass is 15.3. The Morgan fingerprint density at radius 3 is 1.39 bits per heavy atom. The molecule has 0 amide bonds. The Kier molecular flexibility index (Phi) is 8.40. The Hall–Kier alpha value is -8.85. The molecule has 0 fully saturated rings. The van der Waals surface area contributed by atoms with Crippen LogP contribution >= 0.6 is 0 Å². The summed E-state index contributed by atoms with van der Waals surface area (Å²) in [5.74, 6) is 1.25. The van der Waals surface area contributed by atoms with Crippen LogP contribution in [-0.4, -0.2) is 19.5 Å². The van der Waals surface area contributed by atoms with Crippen LogP contribution in [0.5, 0.6) is 0 Å². The van der Waals surface area contributed by atoms with Crippen molar-refractivity contribution in [1.82, 2.24) is 19.5 Å². The van der Waals surface area contributed by atoms with E-state index in [1.54, 1.807) is 12.1 Å². The van der Waals surface area contributed by atoms with Gasteiger partial charge in [-0.25, -0.2) is 15.0 Å². The van der Waals surface area contributed by atoms with Gasteiger partial charge in [-0.05, 0) is 66.7 Å². The Labute approximate surface area is 351 Å². The van der Waals surface area contributed by atoms with E-state index >= 15 is 0 Å². The molecule has 61 heavy (non-hydrogen) atoms. The van der Waals surface area contributed by atoms with Gasteiger partial charge in [-0.3, -0.25) is 0 Å². The minimum atomic E-state index is 0.307. The Balaban J connectivity index is 1.17. The van der Waals surface area contributed by atoms with Crippen molar-refractivity contribution < 1.29 is 0 Å². The molecular weight excluding hydrogens is 749 g/mol. The second kappa shape index (κ2) is 14.5. The van der Waals surface area contributed by atoms with Crippen molar-refractivity contribution in [3.05, 3.63) is 205 Å². The van der Waals surface area contributed by atoms with E-state index < -0.39 is 0 Å². The van der Waals surface area contributed by atoms with Gasteiger partial charge in [-0.1, -0.05) is 127 Å². The van der Waals surface area contributed by atoms with Gasteiger partial charge in [0.1, 0.15) is 6.07 Å². The molecule has 8 aromatic carbocycles. The summed E-state index contributed by atoms with van der Waals surface area (Å²) >= 11 is 0. The molecule has 0 spiro atoms. The number of aromatic nitrogens is 4. The van der Waals surface area contributed by atoms with Crippen molar-refractivity contribution in [3.8, 4) is 52.0 Å². The molecule has 10 aromatic rings. The van der Waals surface area contributed by atoms with Crippen molar-refractivity contribution >= 4 is 55.9 Å². The molecule has 0 radical (unpaired) electrons. The van der Waals surface area contributed by atoms with Gasteiger partial charge < -0.3 is 14.4 Å². The van der Waals surface area contributed by atoms with Crippen LogP contribution in [0.25, 0.3) is 61.7 Å². The minimum Gasteiger partial charge on any atom is -0.308 e. The molecule has 0 atom stereocenters. The lowest BCUT2D eigenvalue weighted by molar-refractivity contribution is 1.07. The summed E-state index contributed by atoms with van der Waals surface area (Å²) in [5.41, 5.74) is 11.3. The number of anilines is 6. The Bertz CT molecular complexity index is 3330. The number of hydrogen-bond donors (Lipinski definition) is 0. The van der Waals surface area contributed by atoms with Crippen molar-refractivity contribution in [2.75, 3.05) is 9.80 Å². The first-order chi connectivity index (χ1) is 30.2. The van der Waals surface area contributed by atoms with Crippen LogP contribution in [0.2, 0.25) is 0 Å². The molecular formula is C53H32N8. The average molecular weight is 781 g/mol. The normalized spacial score (nSPS) is 11.8. The number of hydrogen-bond acceptors (Lipinski definition) is 7. The van der Waals surface area contributed by atoms with Crippen LogP contribution in [0.4, 0.5) is 34.1 Å². The second-order valence-corrected chi connectivity index (χ2v) is 14.7. The van der Waals surface area contributed by atoms with Gasteiger partial charge >= 0.3 is 0 Å². The predicted octanol–water partition coefficient (Wildman–Crippen LogP) is 13.0. The molecule has 1 aliphatic rings. The number of rotatable bonds is 6. The molecule has 2 aromatic heterocycles. The summed E-state index contributed by atoms with van der Waals surface area (Å²) in [5, 5.41) is 23.9. The summed E-state index contributed by atoms with van der Waals surface area (Å²) in [4.78, 5) is 19.3. The molecule has 11 rings (SSSR count). The largest absolute Gasteiger partial charge is 0.308 e. The first kappa shape index (κ1) is 35.3. The van der Waals surface area contributed by atoms with Gasteiger partial charge in [-0.2, -0.15) is 10.5 Å². The number of nitrogens with zero attached hydrogens (tertiary/aromatic N) is 8. The third kappa shape index (κ3) is 5.86. The maximum absolute atomic E-state index is 11.0. The fourth-order valence-corrected chi connectivity index (χ4v) is 8.49. The Morgan fingerprint density at radius 2 is 0.836 bits per heavy atom. The molecule has 8 heteroatoms. The SMILES string of the molecule is N#Cc1cc(-n2c3ccccc3c3cc4c(cc32)N(c2ccccc2)c2ccccc2N4c2ccccc2)c(C#N)cc1-c1nc(-c2ccccc2)nc(-c2ccccc2)n1. The van der Waals surface area contributed by atoms with E-state index in [9.17, 15) is 10.5 Å². The van der Waals surface area contributed by atoms with E-state index in [0.29, 0.717) is 39.9 Å². The monoisotopic (exact) mass is 780 g/mol. The van der Waals surface area contributed by atoms with E-state index in [-0.39, 0.29) is 0 Å². The number of nitriles is 2. The molecule has 0 aliphatic carbocycles. The number of para-hydroxylation sites is 5. The number of benzene rings is 8. The van der Waals surface area contributed by atoms with Crippen LogP contribution in [-0.2, 0) is 0 Å². The van der Waals surface area contributed by atoms with Gasteiger partial charge in [0.2, 0.25) is 0 Å². The molecule has 0 N–H and O–H groups in total. The molecule has 0 saturated heterocycles. The molecule has 284 valence electrons. The highest BCUT2D eigenvalue weighted by Crippen LogP contribution is 2.55. The summed E-state index contributed by atoms with van der Waals surface area (Å²) in [6, 6.07) is 69.8. The fraction of sp³-hybridized carbons (Fsp3) is 0. The first-order valence-corrected chi connectivity index (χ1v) is 19.9. The molecule has 0 bridgehead atoms. The van der Waals surface area contributed by atoms with Gasteiger partial charge in [0.15, 0.2) is 17.5 Å². The smallest absolute Gasteiger partial charge is 0.165 e. The quantitative estimate of drug-likeness (QED) is 0.166. The highest BCUT2D eigenvalue weighted by Gasteiger charge is 2.32.